The first kappa shape index (κ1) is 16.9. The highest BCUT2D eigenvalue weighted by atomic mass is 16.7. The molecule has 0 spiro atoms. The summed E-state index contributed by atoms with van der Waals surface area (Å²) in [6.07, 6.45) is 1.40. The smallest absolute Gasteiger partial charge is 0.346 e. The molecule has 2 aromatic carbocycles. The van der Waals surface area contributed by atoms with Gasteiger partial charge in [0.2, 0.25) is 13.6 Å². The lowest BCUT2D eigenvalue weighted by atomic mass is 10.2. The first-order valence-corrected chi connectivity index (χ1v) is 8.63. The summed E-state index contributed by atoms with van der Waals surface area (Å²) in [6.45, 7) is 0.295. The summed E-state index contributed by atoms with van der Waals surface area (Å²) in [6, 6.07) is 11.0. The monoisotopic (exact) mass is 394 g/mol. The van der Waals surface area contributed by atoms with Crippen LogP contribution in [0, 0.1) is 0 Å². The van der Waals surface area contributed by atoms with Gasteiger partial charge >= 0.3 is 6.03 Å². The maximum Gasteiger partial charge on any atom is 0.346 e. The highest BCUT2D eigenvalue weighted by molar-refractivity contribution is 6.03. The highest BCUT2D eigenvalue weighted by Crippen LogP contribution is 2.35. The average molecular weight is 394 g/mol. The summed E-state index contributed by atoms with van der Waals surface area (Å²) < 4.78 is 22.1. The Kier molecular flexibility index (Phi) is 3.94. The molecule has 2 aliphatic rings. The summed E-state index contributed by atoms with van der Waals surface area (Å²) in [5, 5.41) is 9.42. The zero-order chi connectivity index (χ0) is 19.8. The maximum atomic E-state index is 12.4. The normalized spacial score (nSPS) is 13.2. The first-order chi connectivity index (χ1) is 14.2. The van der Waals surface area contributed by atoms with Gasteiger partial charge in [0, 0.05) is 29.7 Å². The predicted molar refractivity (Wildman–Crippen MR) is 99.7 cm³/mol. The molecular formula is C19H14N4O6. The van der Waals surface area contributed by atoms with Gasteiger partial charge in [0.15, 0.2) is 28.7 Å². The van der Waals surface area contributed by atoms with E-state index < -0.39 is 11.9 Å². The largest absolute Gasteiger partial charge is 0.454 e. The second-order valence-corrected chi connectivity index (χ2v) is 6.17. The zero-order valence-electron chi connectivity index (χ0n) is 14.9. The number of aromatic nitrogens is 2. The van der Waals surface area contributed by atoms with Crippen LogP contribution in [0.5, 0.6) is 23.0 Å². The quantitative estimate of drug-likeness (QED) is 0.702. The molecule has 0 radical (unpaired) electrons. The third-order valence-electron chi connectivity index (χ3n) is 4.28. The van der Waals surface area contributed by atoms with Crippen molar-refractivity contribution in [3.8, 4) is 23.0 Å². The summed E-state index contributed by atoms with van der Waals surface area (Å²) in [4.78, 5) is 24.8. The van der Waals surface area contributed by atoms with Crippen LogP contribution in [-0.2, 0) is 0 Å². The Morgan fingerprint density at radius 3 is 2.03 bits per heavy atom. The maximum absolute atomic E-state index is 12.4. The van der Waals surface area contributed by atoms with E-state index in [1.165, 1.54) is 12.3 Å². The van der Waals surface area contributed by atoms with Crippen LogP contribution in [0.1, 0.15) is 10.5 Å². The fraction of sp³-hybridized carbons (Fsp3) is 0.105. The van der Waals surface area contributed by atoms with Crippen LogP contribution in [0.25, 0.3) is 0 Å². The van der Waals surface area contributed by atoms with E-state index in [1.54, 1.807) is 36.4 Å². The van der Waals surface area contributed by atoms with Gasteiger partial charge in [-0.2, -0.15) is 9.78 Å². The number of carbonyl (C=O) groups excluding carboxylic acids is 2. The minimum Gasteiger partial charge on any atom is -0.454 e. The van der Waals surface area contributed by atoms with Crippen molar-refractivity contribution in [3.05, 3.63) is 54.4 Å². The molecule has 1 aromatic heterocycles. The van der Waals surface area contributed by atoms with E-state index in [1.807, 2.05) is 0 Å². The molecule has 146 valence electrons. The molecule has 2 amide bonds. The summed E-state index contributed by atoms with van der Waals surface area (Å²) in [5.41, 5.74) is 1.13. The van der Waals surface area contributed by atoms with Crippen molar-refractivity contribution in [2.24, 2.45) is 0 Å². The number of hydrogen-bond acceptors (Lipinski definition) is 7. The molecule has 3 aromatic rings. The van der Waals surface area contributed by atoms with Gasteiger partial charge in [0.25, 0.3) is 5.91 Å². The average Bonchev–Trinajstić information content (AvgIpc) is 3.46. The van der Waals surface area contributed by atoms with Crippen LogP contribution in [0.4, 0.5) is 16.2 Å². The van der Waals surface area contributed by atoms with E-state index in [2.05, 4.69) is 15.7 Å². The molecule has 3 heterocycles. The number of ether oxygens (including phenoxy) is 4. The van der Waals surface area contributed by atoms with Crippen LogP contribution < -0.4 is 29.6 Å². The number of anilines is 2. The number of fused-ring (bicyclic) bond motifs is 2. The van der Waals surface area contributed by atoms with Crippen molar-refractivity contribution in [3.63, 3.8) is 0 Å². The highest BCUT2D eigenvalue weighted by Gasteiger charge is 2.18. The Bertz CT molecular complexity index is 1040. The molecule has 10 heteroatoms. The molecule has 10 nitrogen and oxygen atoms in total. The van der Waals surface area contributed by atoms with E-state index >= 15 is 0 Å². The molecule has 0 saturated heterocycles. The van der Waals surface area contributed by atoms with Gasteiger partial charge in [0.1, 0.15) is 0 Å². The van der Waals surface area contributed by atoms with Gasteiger partial charge in [-0.3, -0.25) is 4.79 Å². The van der Waals surface area contributed by atoms with Crippen LogP contribution >= 0.6 is 0 Å². The molecule has 5 rings (SSSR count). The third-order valence-corrected chi connectivity index (χ3v) is 4.28. The van der Waals surface area contributed by atoms with Gasteiger partial charge < -0.3 is 29.6 Å². The SMILES string of the molecule is O=C(Nc1ccc2c(c1)OCO2)c1ccn(C(=O)Nc2ccc3c(c2)OCO3)n1. The number of nitrogens with zero attached hydrogens (tertiary/aromatic N) is 2. The van der Waals surface area contributed by atoms with Crippen LogP contribution in [0.15, 0.2) is 48.7 Å². The number of nitrogens with one attached hydrogen (secondary N) is 2. The molecular weight excluding hydrogens is 380 g/mol. The van der Waals surface area contributed by atoms with Crippen molar-refractivity contribution in [2.75, 3.05) is 24.2 Å². The molecule has 0 unspecified atom stereocenters. The van der Waals surface area contributed by atoms with Crippen molar-refractivity contribution < 1.29 is 28.5 Å². The fourth-order valence-electron chi connectivity index (χ4n) is 2.88. The van der Waals surface area contributed by atoms with Crippen LogP contribution in [-0.4, -0.2) is 35.3 Å². The summed E-state index contributed by atoms with van der Waals surface area (Å²) >= 11 is 0. The molecule has 0 aliphatic carbocycles. The van der Waals surface area contributed by atoms with Gasteiger partial charge in [-0.05, 0) is 30.3 Å². The van der Waals surface area contributed by atoms with Crippen LogP contribution in [0.2, 0.25) is 0 Å². The fourth-order valence-corrected chi connectivity index (χ4v) is 2.88. The van der Waals surface area contributed by atoms with E-state index in [0.717, 1.165) is 4.68 Å². The van der Waals surface area contributed by atoms with E-state index in [9.17, 15) is 9.59 Å². The van der Waals surface area contributed by atoms with Crippen molar-refractivity contribution in [1.29, 1.82) is 0 Å². The van der Waals surface area contributed by atoms with Crippen LogP contribution in [0.3, 0.4) is 0 Å². The number of amides is 2. The molecule has 0 fully saturated rings. The molecule has 2 N–H and O–H groups in total. The number of hydrogen-bond donors (Lipinski definition) is 2. The van der Waals surface area contributed by atoms with Crippen molar-refractivity contribution in [1.82, 2.24) is 9.78 Å². The van der Waals surface area contributed by atoms with E-state index in [4.69, 9.17) is 18.9 Å². The first-order valence-electron chi connectivity index (χ1n) is 8.63. The van der Waals surface area contributed by atoms with E-state index in [-0.39, 0.29) is 19.3 Å². The van der Waals surface area contributed by atoms with E-state index in [0.29, 0.717) is 34.4 Å². The number of carbonyl (C=O) groups is 2. The Morgan fingerprint density at radius 2 is 1.38 bits per heavy atom. The molecule has 0 saturated carbocycles. The lowest BCUT2D eigenvalue weighted by molar-refractivity contribution is 0.102. The Balaban J connectivity index is 1.26. The Morgan fingerprint density at radius 1 is 0.793 bits per heavy atom. The Labute approximate surface area is 163 Å². The lowest BCUT2D eigenvalue weighted by Crippen LogP contribution is -2.21. The van der Waals surface area contributed by atoms with Gasteiger partial charge in [-0.15, -0.1) is 0 Å². The second-order valence-electron chi connectivity index (χ2n) is 6.17. The summed E-state index contributed by atoms with van der Waals surface area (Å²) in [5.74, 6) is 1.87. The van der Waals surface area contributed by atoms with Gasteiger partial charge in [-0.25, -0.2) is 4.79 Å². The second kappa shape index (κ2) is 6.75. The number of rotatable bonds is 3. The summed E-state index contributed by atoms with van der Waals surface area (Å²) in [7, 11) is 0. The zero-order valence-corrected chi connectivity index (χ0v) is 14.9. The van der Waals surface area contributed by atoms with Gasteiger partial charge in [0.05, 0.1) is 0 Å². The minimum atomic E-state index is -0.522. The lowest BCUT2D eigenvalue weighted by Gasteiger charge is -2.06. The molecule has 29 heavy (non-hydrogen) atoms. The van der Waals surface area contributed by atoms with Crippen molar-refractivity contribution >= 4 is 23.3 Å². The molecule has 2 aliphatic heterocycles. The Hall–Kier alpha value is -4.21. The molecule has 0 bridgehead atoms. The third kappa shape index (κ3) is 3.27. The molecule has 0 atom stereocenters. The number of benzene rings is 2. The standard InChI is InChI=1S/C19H14N4O6/c24-18(20-11-1-3-14-16(7-11)28-9-26-14)13-5-6-23(22-13)19(25)21-12-2-4-15-17(8-12)29-10-27-15/h1-8H,9-10H2,(H,20,24)(H,21,25). The van der Waals surface area contributed by atoms with Crippen molar-refractivity contribution in [2.45, 2.75) is 0 Å². The minimum absolute atomic E-state index is 0.0866. The van der Waals surface area contributed by atoms with Gasteiger partial charge in [-0.1, -0.05) is 0 Å². The predicted octanol–water partition coefficient (Wildman–Crippen LogP) is 2.67. The topological polar surface area (TPSA) is 113 Å².